The number of piperazine rings is 1. The molecule has 1 aliphatic rings. The topological polar surface area (TPSA) is 93.1 Å². The van der Waals surface area contributed by atoms with E-state index < -0.39 is 5.60 Å². The Morgan fingerprint density at radius 1 is 1.23 bits per heavy atom. The summed E-state index contributed by atoms with van der Waals surface area (Å²) in [6.45, 7) is 8.17. The average Bonchev–Trinajstić information content (AvgIpc) is 3.34. The molecule has 1 unspecified atom stereocenters. The molecule has 3 heterocycles. The highest BCUT2D eigenvalue weighted by Crippen LogP contribution is 2.25. The molecule has 3 rings (SSSR count). The molecule has 1 saturated heterocycles. The molecule has 9 heteroatoms. The van der Waals surface area contributed by atoms with Gasteiger partial charge >= 0.3 is 0 Å². The van der Waals surface area contributed by atoms with Crippen LogP contribution in [0, 0.1) is 0 Å². The number of aromatic nitrogens is 1. The van der Waals surface area contributed by atoms with Crippen LogP contribution >= 0.6 is 11.3 Å². The molecule has 1 amide bonds. The van der Waals surface area contributed by atoms with Crippen molar-refractivity contribution in [3.63, 3.8) is 0 Å². The maximum atomic E-state index is 12.6. The lowest BCUT2D eigenvalue weighted by molar-refractivity contribution is -0.131. The highest BCUT2D eigenvalue weighted by atomic mass is 32.1. The van der Waals surface area contributed by atoms with Crippen molar-refractivity contribution in [2.75, 3.05) is 50.7 Å². The molecule has 0 aliphatic carbocycles. The third-order valence-electron chi connectivity index (χ3n) is 5.18. The molecule has 0 aromatic carbocycles. The van der Waals surface area contributed by atoms with E-state index in [1.165, 1.54) is 11.3 Å². The number of carbonyl (C=O) groups excluding carboxylic acids is 1. The first-order valence-electron chi connectivity index (χ1n) is 10.7. The Morgan fingerprint density at radius 3 is 2.68 bits per heavy atom. The third kappa shape index (κ3) is 6.67. The van der Waals surface area contributed by atoms with E-state index >= 15 is 0 Å². The van der Waals surface area contributed by atoms with E-state index in [2.05, 4.69) is 25.5 Å². The Hall–Kier alpha value is -2.65. The summed E-state index contributed by atoms with van der Waals surface area (Å²) in [7, 11) is 0. The van der Waals surface area contributed by atoms with E-state index in [0.717, 1.165) is 23.8 Å². The lowest BCUT2D eigenvalue weighted by Crippen LogP contribution is -2.49. The van der Waals surface area contributed by atoms with Crippen LogP contribution in [0.2, 0.25) is 0 Å². The van der Waals surface area contributed by atoms with Gasteiger partial charge in [0.05, 0.1) is 6.54 Å². The van der Waals surface area contributed by atoms with Crippen LogP contribution in [0.3, 0.4) is 0 Å². The molecule has 0 bridgehead atoms. The Morgan fingerprint density at radius 2 is 2.03 bits per heavy atom. The minimum absolute atomic E-state index is 0.134. The van der Waals surface area contributed by atoms with Crippen molar-refractivity contribution < 1.29 is 9.90 Å². The molecule has 0 radical (unpaired) electrons. The summed E-state index contributed by atoms with van der Waals surface area (Å²) in [5.74, 6) is 1.70. The first kappa shape index (κ1) is 23.0. The number of carbonyl (C=O) groups is 1. The molecule has 1 fully saturated rings. The number of rotatable bonds is 8. The zero-order valence-electron chi connectivity index (χ0n) is 18.3. The fourth-order valence-corrected chi connectivity index (χ4v) is 4.19. The number of hydrogen-bond donors (Lipinski definition) is 3. The zero-order valence-corrected chi connectivity index (χ0v) is 19.1. The summed E-state index contributed by atoms with van der Waals surface area (Å²) in [6.07, 6.45) is 2.19. The van der Waals surface area contributed by atoms with Crippen LogP contribution in [0.5, 0.6) is 0 Å². The van der Waals surface area contributed by atoms with Crippen LogP contribution in [0.15, 0.2) is 46.9 Å². The van der Waals surface area contributed by atoms with Gasteiger partial charge in [0.1, 0.15) is 11.4 Å². The molecule has 3 N–H and O–H groups in total. The van der Waals surface area contributed by atoms with Gasteiger partial charge in [0.2, 0.25) is 5.91 Å². The lowest BCUT2D eigenvalue weighted by atomic mass is 10.1. The van der Waals surface area contributed by atoms with Crippen molar-refractivity contribution in [1.29, 1.82) is 0 Å². The van der Waals surface area contributed by atoms with E-state index in [0.29, 0.717) is 38.6 Å². The van der Waals surface area contributed by atoms with Crippen molar-refractivity contribution >= 4 is 29.0 Å². The van der Waals surface area contributed by atoms with E-state index in [4.69, 9.17) is 0 Å². The number of thiophene rings is 1. The molecule has 0 spiro atoms. The van der Waals surface area contributed by atoms with Gasteiger partial charge in [-0.2, -0.15) is 0 Å². The van der Waals surface area contributed by atoms with Crippen LogP contribution in [0.25, 0.3) is 0 Å². The second-order valence-electron chi connectivity index (χ2n) is 7.68. The highest BCUT2D eigenvalue weighted by Gasteiger charge is 2.24. The molecule has 31 heavy (non-hydrogen) atoms. The predicted octanol–water partition coefficient (Wildman–Crippen LogP) is 1.64. The Bertz CT molecular complexity index is 833. The number of anilines is 1. The quantitative estimate of drug-likeness (QED) is 0.424. The summed E-state index contributed by atoms with van der Waals surface area (Å²) >= 11 is 1.51. The zero-order chi connectivity index (χ0) is 22.1. The number of pyridine rings is 1. The molecular formula is C22H32N6O2S. The van der Waals surface area contributed by atoms with Gasteiger partial charge in [-0.15, -0.1) is 11.3 Å². The van der Waals surface area contributed by atoms with Crippen molar-refractivity contribution in [3.05, 3.63) is 46.8 Å². The van der Waals surface area contributed by atoms with Crippen molar-refractivity contribution in [1.82, 2.24) is 20.5 Å². The van der Waals surface area contributed by atoms with Gasteiger partial charge < -0.3 is 25.5 Å². The molecule has 168 valence electrons. The van der Waals surface area contributed by atoms with Crippen LogP contribution in [-0.2, 0) is 10.4 Å². The smallest absolute Gasteiger partial charge is 0.224 e. The maximum Gasteiger partial charge on any atom is 0.224 e. The van der Waals surface area contributed by atoms with Gasteiger partial charge in [0, 0.05) is 56.8 Å². The molecule has 0 saturated carbocycles. The minimum Gasteiger partial charge on any atom is -0.383 e. The molecule has 2 aromatic heterocycles. The SMILES string of the molecule is CCNC(=NCC(C)(O)c1cccs1)NCCC(=O)N1CCN(c2ccccn2)CC1. The van der Waals surface area contributed by atoms with E-state index in [9.17, 15) is 9.90 Å². The predicted molar refractivity (Wildman–Crippen MR) is 126 cm³/mol. The number of amides is 1. The van der Waals surface area contributed by atoms with Crippen LogP contribution in [-0.4, -0.2) is 72.7 Å². The fourth-order valence-electron chi connectivity index (χ4n) is 3.41. The van der Waals surface area contributed by atoms with E-state index in [1.807, 2.05) is 47.5 Å². The minimum atomic E-state index is -1.01. The molecule has 1 aliphatic heterocycles. The lowest BCUT2D eigenvalue weighted by Gasteiger charge is -2.35. The number of guanidine groups is 1. The average molecular weight is 445 g/mol. The van der Waals surface area contributed by atoms with Gasteiger partial charge in [-0.05, 0) is 37.4 Å². The normalized spacial score (nSPS) is 16.7. The maximum absolute atomic E-state index is 12.6. The monoisotopic (exact) mass is 444 g/mol. The summed E-state index contributed by atoms with van der Waals surface area (Å²) in [4.78, 5) is 26.5. The highest BCUT2D eigenvalue weighted by molar-refractivity contribution is 7.10. The van der Waals surface area contributed by atoms with E-state index in [-0.39, 0.29) is 12.5 Å². The number of hydrogen-bond acceptors (Lipinski definition) is 6. The number of nitrogens with one attached hydrogen (secondary N) is 2. The Balaban J connectivity index is 1.43. The number of aliphatic hydroxyl groups is 1. The Labute approximate surface area is 188 Å². The van der Waals surface area contributed by atoms with Gasteiger partial charge in [-0.1, -0.05) is 12.1 Å². The van der Waals surface area contributed by atoms with Gasteiger partial charge in [-0.25, -0.2) is 9.98 Å². The molecule has 8 nitrogen and oxygen atoms in total. The third-order valence-corrected chi connectivity index (χ3v) is 6.30. The first-order chi connectivity index (χ1) is 15.0. The fraction of sp³-hybridized carbons (Fsp3) is 0.500. The van der Waals surface area contributed by atoms with Crippen LogP contribution < -0.4 is 15.5 Å². The summed E-state index contributed by atoms with van der Waals surface area (Å²) in [5.41, 5.74) is -1.01. The molecule has 1 atom stereocenters. The van der Waals surface area contributed by atoms with Gasteiger partial charge in [0.25, 0.3) is 0 Å². The molecule has 2 aromatic rings. The number of nitrogens with zero attached hydrogens (tertiary/aromatic N) is 4. The Kier molecular flexibility index (Phi) is 8.25. The summed E-state index contributed by atoms with van der Waals surface area (Å²) in [6, 6.07) is 9.72. The number of aliphatic imine (C=N–C) groups is 1. The van der Waals surface area contributed by atoms with Crippen LogP contribution in [0.4, 0.5) is 5.82 Å². The van der Waals surface area contributed by atoms with E-state index in [1.54, 1.807) is 13.1 Å². The first-order valence-corrected chi connectivity index (χ1v) is 11.6. The van der Waals surface area contributed by atoms with Crippen molar-refractivity contribution in [3.8, 4) is 0 Å². The summed E-state index contributed by atoms with van der Waals surface area (Å²) < 4.78 is 0. The second kappa shape index (κ2) is 11.1. The standard InChI is InChI=1S/C22H32N6O2S/c1-3-23-21(26-17-22(2,30)18-7-6-16-31-18)25-11-9-20(29)28-14-12-27(13-15-28)19-8-4-5-10-24-19/h4-8,10,16,30H,3,9,11-15,17H2,1-2H3,(H2,23,25,26). The van der Waals surface area contributed by atoms with Crippen LogP contribution in [0.1, 0.15) is 25.1 Å². The van der Waals surface area contributed by atoms with Crippen molar-refractivity contribution in [2.24, 2.45) is 4.99 Å². The largest absolute Gasteiger partial charge is 0.383 e. The van der Waals surface area contributed by atoms with Crippen molar-refractivity contribution in [2.45, 2.75) is 25.9 Å². The van der Waals surface area contributed by atoms with Gasteiger partial charge in [0.15, 0.2) is 5.96 Å². The summed E-state index contributed by atoms with van der Waals surface area (Å²) in [5, 5.41) is 19.0. The second-order valence-corrected chi connectivity index (χ2v) is 8.63. The molecular weight excluding hydrogens is 412 g/mol. The van der Waals surface area contributed by atoms with Gasteiger partial charge in [-0.3, -0.25) is 4.79 Å².